The number of nitrogens with zero attached hydrogens (tertiary/aromatic N) is 2. The molecule has 31 heavy (non-hydrogen) atoms. The Bertz CT molecular complexity index is 851. The van der Waals surface area contributed by atoms with Crippen LogP contribution in [0.4, 0.5) is 0 Å². The number of pyridine rings is 1. The zero-order valence-corrected chi connectivity index (χ0v) is 18.7. The zero-order valence-electron chi connectivity index (χ0n) is 17.9. The smallest absolute Gasteiger partial charge is 0.261 e. The van der Waals surface area contributed by atoms with Gasteiger partial charge in [-0.05, 0) is 36.8 Å². The van der Waals surface area contributed by atoms with Gasteiger partial charge >= 0.3 is 0 Å². The van der Waals surface area contributed by atoms with Crippen molar-refractivity contribution in [1.82, 2.24) is 20.5 Å². The number of amides is 3. The van der Waals surface area contributed by atoms with E-state index in [1.165, 1.54) is 11.3 Å². The molecule has 1 saturated carbocycles. The molecular formula is C23H30N4O3S. The highest BCUT2D eigenvalue weighted by molar-refractivity contribution is 7.12. The molecular weight excluding hydrogens is 412 g/mol. The molecule has 2 N–H and O–H groups in total. The number of nitrogens with one attached hydrogen (secondary N) is 2. The fourth-order valence-corrected chi connectivity index (χ4v) is 4.48. The topological polar surface area (TPSA) is 91.4 Å². The van der Waals surface area contributed by atoms with Gasteiger partial charge in [0.2, 0.25) is 11.8 Å². The van der Waals surface area contributed by atoms with Crippen LogP contribution in [-0.2, 0) is 9.59 Å². The minimum Gasteiger partial charge on any atom is -0.351 e. The van der Waals surface area contributed by atoms with E-state index >= 15 is 0 Å². The number of aromatic nitrogens is 1. The van der Waals surface area contributed by atoms with Crippen LogP contribution in [0.2, 0.25) is 0 Å². The van der Waals surface area contributed by atoms with Crippen molar-refractivity contribution in [2.24, 2.45) is 0 Å². The number of carbonyl (C=O) groups is 3. The monoisotopic (exact) mass is 442 g/mol. The SMILES string of the molecule is CCCCN(C(=O)CNC(=O)c1cccs1)[C@H](C(=O)NC1CCCC1)c1cccnc1. The average Bonchev–Trinajstić information content (AvgIpc) is 3.49. The van der Waals surface area contributed by atoms with Gasteiger partial charge in [0.05, 0.1) is 11.4 Å². The Morgan fingerprint density at radius 1 is 1.23 bits per heavy atom. The number of hydrogen-bond donors (Lipinski definition) is 2. The van der Waals surface area contributed by atoms with E-state index < -0.39 is 6.04 Å². The van der Waals surface area contributed by atoms with E-state index in [9.17, 15) is 14.4 Å². The summed E-state index contributed by atoms with van der Waals surface area (Å²) in [4.78, 5) is 45.1. The highest BCUT2D eigenvalue weighted by atomic mass is 32.1. The van der Waals surface area contributed by atoms with Gasteiger partial charge in [-0.3, -0.25) is 19.4 Å². The molecule has 0 aliphatic heterocycles. The number of thiophene rings is 1. The predicted molar refractivity (Wildman–Crippen MR) is 121 cm³/mol. The van der Waals surface area contributed by atoms with E-state index in [2.05, 4.69) is 15.6 Å². The fourth-order valence-electron chi connectivity index (χ4n) is 3.84. The van der Waals surface area contributed by atoms with Crippen LogP contribution < -0.4 is 10.6 Å². The maximum atomic E-state index is 13.3. The molecule has 1 aliphatic carbocycles. The Morgan fingerprint density at radius 2 is 2.03 bits per heavy atom. The molecule has 0 saturated heterocycles. The minimum atomic E-state index is -0.771. The summed E-state index contributed by atoms with van der Waals surface area (Å²) in [5.41, 5.74) is 0.673. The zero-order chi connectivity index (χ0) is 22.1. The lowest BCUT2D eigenvalue weighted by Gasteiger charge is -2.32. The first-order chi connectivity index (χ1) is 15.1. The molecule has 7 nitrogen and oxygen atoms in total. The second kappa shape index (κ2) is 11.6. The molecule has 166 valence electrons. The van der Waals surface area contributed by atoms with E-state index in [0.29, 0.717) is 17.0 Å². The predicted octanol–water partition coefficient (Wildman–Crippen LogP) is 3.30. The van der Waals surface area contributed by atoms with Crippen LogP contribution in [0.1, 0.15) is 66.7 Å². The molecule has 2 aromatic heterocycles. The van der Waals surface area contributed by atoms with Crippen molar-refractivity contribution in [3.05, 3.63) is 52.5 Å². The van der Waals surface area contributed by atoms with Gasteiger partial charge < -0.3 is 15.5 Å². The Hall–Kier alpha value is -2.74. The lowest BCUT2D eigenvalue weighted by molar-refractivity contribution is -0.140. The summed E-state index contributed by atoms with van der Waals surface area (Å²) in [6, 6.07) is 6.47. The summed E-state index contributed by atoms with van der Waals surface area (Å²) < 4.78 is 0. The number of hydrogen-bond acceptors (Lipinski definition) is 5. The molecule has 8 heteroatoms. The Balaban J connectivity index is 1.78. The average molecular weight is 443 g/mol. The highest BCUT2D eigenvalue weighted by Crippen LogP contribution is 2.24. The van der Waals surface area contributed by atoms with Crippen LogP contribution in [0.25, 0.3) is 0 Å². The van der Waals surface area contributed by atoms with Crippen LogP contribution in [0, 0.1) is 0 Å². The first kappa shape index (κ1) is 22.9. The number of carbonyl (C=O) groups excluding carboxylic acids is 3. The molecule has 0 unspecified atom stereocenters. The van der Waals surface area contributed by atoms with Gasteiger partial charge in [0.15, 0.2) is 0 Å². The highest BCUT2D eigenvalue weighted by Gasteiger charge is 2.33. The van der Waals surface area contributed by atoms with Gasteiger partial charge in [0.1, 0.15) is 6.04 Å². The lowest BCUT2D eigenvalue weighted by Crippen LogP contribution is -2.49. The summed E-state index contributed by atoms with van der Waals surface area (Å²) in [6.07, 6.45) is 9.07. The normalized spacial score (nSPS) is 14.7. The van der Waals surface area contributed by atoms with Crippen LogP contribution in [0.15, 0.2) is 42.0 Å². The first-order valence-corrected chi connectivity index (χ1v) is 11.8. The van der Waals surface area contributed by atoms with Gasteiger partial charge in [-0.15, -0.1) is 11.3 Å². The van der Waals surface area contributed by atoms with E-state index in [1.54, 1.807) is 35.5 Å². The molecule has 0 aromatic carbocycles. The first-order valence-electron chi connectivity index (χ1n) is 10.9. The fraction of sp³-hybridized carbons (Fsp3) is 0.478. The molecule has 3 rings (SSSR count). The number of unbranched alkanes of at least 4 members (excludes halogenated alkanes) is 1. The Morgan fingerprint density at radius 3 is 2.68 bits per heavy atom. The number of rotatable bonds is 10. The molecule has 3 amide bonds. The molecule has 2 heterocycles. The summed E-state index contributed by atoms with van der Waals surface area (Å²) in [5.74, 6) is -0.755. The third kappa shape index (κ3) is 6.37. The Labute approximate surface area is 187 Å². The van der Waals surface area contributed by atoms with Crippen LogP contribution in [-0.4, -0.2) is 46.7 Å². The molecule has 0 spiro atoms. The van der Waals surface area contributed by atoms with E-state index in [4.69, 9.17) is 0 Å². The maximum absolute atomic E-state index is 13.3. The van der Waals surface area contributed by atoms with Crippen molar-refractivity contribution in [2.75, 3.05) is 13.1 Å². The van der Waals surface area contributed by atoms with Crippen molar-refractivity contribution >= 4 is 29.1 Å². The van der Waals surface area contributed by atoms with Gasteiger partial charge in [0, 0.05) is 30.5 Å². The van der Waals surface area contributed by atoms with Crippen LogP contribution in [0.5, 0.6) is 0 Å². The van der Waals surface area contributed by atoms with Gasteiger partial charge in [-0.2, -0.15) is 0 Å². The van der Waals surface area contributed by atoms with Crippen molar-refractivity contribution in [2.45, 2.75) is 57.5 Å². The van der Waals surface area contributed by atoms with Gasteiger partial charge in [0.25, 0.3) is 5.91 Å². The summed E-state index contributed by atoms with van der Waals surface area (Å²) in [6.45, 7) is 2.31. The van der Waals surface area contributed by atoms with Crippen molar-refractivity contribution < 1.29 is 14.4 Å². The Kier molecular flexibility index (Phi) is 8.58. The van der Waals surface area contributed by atoms with E-state index in [0.717, 1.165) is 38.5 Å². The summed E-state index contributed by atoms with van der Waals surface area (Å²) in [5, 5.41) is 7.64. The second-order valence-electron chi connectivity index (χ2n) is 7.78. The third-order valence-electron chi connectivity index (χ3n) is 5.48. The van der Waals surface area contributed by atoms with Crippen LogP contribution in [0.3, 0.4) is 0 Å². The van der Waals surface area contributed by atoms with Crippen molar-refractivity contribution in [3.8, 4) is 0 Å². The van der Waals surface area contributed by atoms with Crippen molar-refractivity contribution in [3.63, 3.8) is 0 Å². The molecule has 1 aliphatic rings. The summed E-state index contributed by atoms with van der Waals surface area (Å²) >= 11 is 1.32. The quantitative estimate of drug-likeness (QED) is 0.591. The third-order valence-corrected chi connectivity index (χ3v) is 6.35. The van der Waals surface area contributed by atoms with Crippen LogP contribution >= 0.6 is 11.3 Å². The second-order valence-corrected chi connectivity index (χ2v) is 8.73. The molecule has 0 bridgehead atoms. The molecule has 0 radical (unpaired) electrons. The maximum Gasteiger partial charge on any atom is 0.261 e. The molecule has 2 aromatic rings. The van der Waals surface area contributed by atoms with E-state index in [1.807, 2.05) is 18.4 Å². The van der Waals surface area contributed by atoms with E-state index in [-0.39, 0.29) is 30.3 Å². The van der Waals surface area contributed by atoms with Crippen molar-refractivity contribution in [1.29, 1.82) is 0 Å². The van der Waals surface area contributed by atoms with Gasteiger partial charge in [-0.1, -0.05) is 38.3 Å². The molecule has 1 atom stereocenters. The molecule has 1 fully saturated rings. The minimum absolute atomic E-state index is 0.147. The van der Waals surface area contributed by atoms with Gasteiger partial charge in [-0.25, -0.2) is 0 Å². The lowest BCUT2D eigenvalue weighted by atomic mass is 10.0. The standard InChI is InChI=1S/C23H30N4O3S/c1-2-3-13-27(20(28)16-25-22(29)19-11-7-14-31-19)21(17-8-6-12-24-15-17)23(30)26-18-9-4-5-10-18/h6-8,11-12,14-15,18,21H,2-5,9-10,13,16H2,1H3,(H,25,29)(H,26,30)/t21-/m0/s1. The largest absolute Gasteiger partial charge is 0.351 e. The summed E-state index contributed by atoms with van der Waals surface area (Å²) in [7, 11) is 0.